The van der Waals surface area contributed by atoms with E-state index in [2.05, 4.69) is 48.5 Å². The Bertz CT molecular complexity index is 157. The molecule has 0 heterocycles. The summed E-state index contributed by atoms with van der Waals surface area (Å²) in [4.78, 5) is 0. The zero-order valence-electron chi connectivity index (χ0n) is 12.1. The summed E-state index contributed by atoms with van der Waals surface area (Å²) < 4.78 is 0. The quantitative estimate of drug-likeness (QED) is 0.500. The average molecular weight is 228 g/mol. The topological polar surface area (TPSA) is 0 Å². The van der Waals surface area contributed by atoms with Gasteiger partial charge < -0.3 is 0 Å². The van der Waals surface area contributed by atoms with Gasteiger partial charge in [0.15, 0.2) is 0 Å². The lowest BCUT2D eigenvalue weighted by Gasteiger charge is -2.38. The first-order valence-corrected chi connectivity index (χ1v) is 9.57. The molecule has 0 saturated carbocycles. The first kappa shape index (κ1) is 15.2. The van der Waals surface area contributed by atoms with Crippen LogP contribution in [0.25, 0.3) is 0 Å². The van der Waals surface area contributed by atoms with Crippen LogP contribution in [0.5, 0.6) is 0 Å². The third-order valence-electron chi connectivity index (χ3n) is 4.09. The second-order valence-corrected chi connectivity index (χ2v) is 11.7. The Hall–Kier alpha value is 0.217. The molecule has 0 radical (unpaired) electrons. The van der Waals surface area contributed by atoms with Crippen LogP contribution in [0.2, 0.25) is 23.7 Å². The Labute approximate surface area is 98.9 Å². The fraction of sp³-hybridized carbons (Fsp3) is 1.00. The lowest BCUT2D eigenvalue weighted by Crippen LogP contribution is -2.39. The molecule has 15 heavy (non-hydrogen) atoms. The fourth-order valence-electron chi connectivity index (χ4n) is 3.21. The monoisotopic (exact) mass is 228 g/mol. The minimum absolute atomic E-state index is 0.872. The highest BCUT2D eigenvalue weighted by Gasteiger charge is 2.35. The molecular weight excluding hydrogens is 196 g/mol. The summed E-state index contributed by atoms with van der Waals surface area (Å²) in [6.07, 6.45) is 1.45. The predicted octanol–water partition coefficient (Wildman–Crippen LogP) is 5.57. The maximum Gasteiger partial charge on any atom is 0.0561 e. The van der Waals surface area contributed by atoms with Gasteiger partial charge in [0.1, 0.15) is 0 Å². The van der Waals surface area contributed by atoms with Gasteiger partial charge in [-0.05, 0) is 17.4 Å². The highest BCUT2D eigenvalue weighted by atomic mass is 28.3. The van der Waals surface area contributed by atoms with E-state index in [1.165, 1.54) is 24.6 Å². The third-order valence-corrected chi connectivity index (χ3v) is 10.9. The zero-order chi connectivity index (χ0) is 12.1. The summed E-state index contributed by atoms with van der Waals surface area (Å²) in [5.41, 5.74) is 1.01. The van der Waals surface area contributed by atoms with E-state index in [0.29, 0.717) is 0 Å². The second-order valence-electron chi connectivity index (χ2n) is 6.20. The molecule has 1 heteroatoms. The van der Waals surface area contributed by atoms with Crippen LogP contribution >= 0.6 is 0 Å². The van der Waals surface area contributed by atoms with E-state index in [-0.39, 0.29) is 0 Å². The van der Waals surface area contributed by atoms with Crippen molar-refractivity contribution < 1.29 is 0 Å². The number of rotatable bonds is 7. The predicted molar refractivity (Wildman–Crippen MR) is 75.2 cm³/mol. The average Bonchev–Trinajstić information content (AvgIpc) is 2.12. The van der Waals surface area contributed by atoms with E-state index in [0.717, 1.165) is 17.4 Å². The molecule has 0 aromatic heterocycles. The van der Waals surface area contributed by atoms with Gasteiger partial charge in [-0.15, -0.1) is 0 Å². The molecular formula is C14H32Si. The van der Waals surface area contributed by atoms with Gasteiger partial charge in [-0.3, -0.25) is 0 Å². The van der Waals surface area contributed by atoms with Crippen molar-refractivity contribution in [3.63, 3.8) is 0 Å². The van der Waals surface area contributed by atoms with Gasteiger partial charge >= 0.3 is 0 Å². The molecule has 0 bridgehead atoms. The van der Waals surface area contributed by atoms with Crippen molar-refractivity contribution in [1.29, 1.82) is 0 Å². The first-order valence-electron chi connectivity index (χ1n) is 6.88. The second kappa shape index (κ2) is 6.73. The number of hydrogen-bond donors (Lipinski definition) is 0. The minimum Gasteiger partial charge on any atom is -0.0678 e. The van der Waals surface area contributed by atoms with Crippen molar-refractivity contribution >= 4 is 8.07 Å². The Morgan fingerprint density at radius 2 is 1.27 bits per heavy atom. The molecule has 0 fully saturated rings. The van der Waals surface area contributed by atoms with Crippen molar-refractivity contribution in [3.05, 3.63) is 0 Å². The standard InChI is InChI=1S/C14H32Si/c1-8-15(9-2,11-13(5)6)14(7)10-12(3)4/h12-14H,8-11H2,1-7H3. The lowest BCUT2D eigenvalue weighted by molar-refractivity contribution is 0.555. The van der Waals surface area contributed by atoms with Crippen LogP contribution in [0.3, 0.4) is 0 Å². The Morgan fingerprint density at radius 1 is 0.800 bits per heavy atom. The molecule has 0 rings (SSSR count). The maximum absolute atomic E-state index is 2.53. The van der Waals surface area contributed by atoms with Gasteiger partial charge in [-0.2, -0.15) is 0 Å². The van der Waals surface area contributed by atoms with Gasteiger partial charge in [-0.1, -0.05) is 73.0 Å². The Kier molecular flexibility index (Phi) is 6.82. The number of hydrogen-bond acceptors (Lipinski definition) is 0. The maximum atomic E-state index is 2.53. The minimum atomic E-state index is -0.973. The Balaban J connectivity index is 4.59. The molecule has 0 nitrogen and oxygen atoms in total. The largest absolute Gasteiger partial charge is 0.0678 e. The molecule has 0 spiro atoms. The van der Waals surface area contributed by atoms with E-state index >= 15 is 0 Å². The summed E-state index contributed by atoms with van der Waals surface area (Å²) in [7, 11) is -0.973. The van der Waals surface area contributed by atoms with Crippen molar-refractivity contribution in [2.75, 3.05) is 0 Å². The molecule has 0 amide bonds. The molecule has 92 valence electrons. The van der Waals surface area contributed by atoms with Gasteiger partial charge in [0.25, 0.3) is 0 Å². The van der Waals surface area contributed by atoms with Crippen LogP contribution in [-0.2, 0) is 0 Å². The highest BCUT2D eigenvalue weighted by Crippen LogP contribution is 2.39. The first-order chi connectivity index (χ1) is 6.88. The molecule has 0 saturated heterocycles. The van der Waals surface area contributed by atoms with E-state index in [4.69, 9.17) is 0 Å². The fourth-order valence-corrected chi connectivity index (χ4v) is 8.68. The van der Waals surface area contributed by atoms with Gasteiger partial charge in [0, 0.05) is 0 Å². The SMILES string of the molecule is CC[Si](CC)(CC(C)C)C(C)CC(C)C. The van der Waals surface area contributed by atoms with Gasteiger partial charge in [-0.25, -0.2) is 0 Å². The molecule has 0 N–H and O–H groups in total. The zero-order valence-corrected chi connectivity index (χ0v) is 13.1. The summed E-state index contributed by atoms with van der Waals surface area (Å²) in [5, 5.41) is 0. The van der Waals surface area contributed by atoms with Crippen molar-refractivity contribution in [1.82, 2.24) is 0 Å². The van der Waals surface area contributed by atoms with Crippen LogP contribution in [-0.4, -0.2) is 8.07 Å². The van der Waals surface area contributed by atoms with Crippen molar-refractivity contribution in [2.24, 2.45) is 11.8 Å². The van der Waals surface area contributed by atoms with Gasteiger partial charge in [0.05, 0.1) is 8.07 Å². The molecule has 0 aliphatic rings. The lowest BCUT2D eigenvalue weighted by atomic mass is 10.1. The highest BCUT2D eigenvalue weighted by molar-refractivity contribution is 6.81. The van der Waals surface area contributed by atoms with Crippen molar-refractivity contribution in [3.8, 4) is 0 Å². The van der Waals surface area contributed by atoms with Crippen LogP contribution in [0, 0.1) is 11.8 Å². The summed E-state index contributed by atoms with van der Waals surface area (Å²) >= 11 is 0. The summed E-state index contributed by atoms with van der Waals surface area (Å²) in [6, 6.07) is 4.50. The smallest absolute Gasteiger partial charge is 0.0561 e. The van der Waals surface area contributed by atoms with Crippen LogP contribution in [0.4, 0.5) is 0 Å². The molecule has 0 aliphatic heterocycles. The van der Waals surface area contributed by atoms with Crippen LogP contribution in [0.15, 0.2) is 0 Å². The van der Waals surface area contributed by atoms with Gasteiger partial charge in [0.2, 0.25) is 0 Å². The van der Waals surface area contributed by atoms with Crippen molar-refractivity contribution in [2.45, 2.75) is 78.6 Å². The Morgan fingerprint density at radius 3 is 1.53 bits per heavy atom. The van der Waals surface area contributed by atoms with E-state index in [1.807, 2.05) is 0 Å². The normalized spacial score (nSPS) is 15.0. The van der Waals surface area contributed by atoms with Crippen LogP contribution < -0.4 is 0 Å². The molecule has 0 aromatic rings. The molecule has 0 aromatic carbocycles. The molecule has 1 unspecified atom stereocenters. The molecule has 1 atom stereocenters. The van der Waals surface area contributed by atoms with Crippen LogP contribution in [0.1, 0.15) is 54.9 Å². The van der Waals surface area contributed by atoms with E-state index in [1.54, 1.807) is 0 Å². The molecule has 0 aliphatic carbocycles. The summed E-state index contributed by atoms with van der Waals surface area (Å²) in [6.45, 7) is 16.9. The van der Waals surface area contributed by atoms with E-state index < -0.39 is 8.07 Å². The summed E-state index contributed by atoms with van der Waals surface area (Å²) in [5.74, 6) is 1.77. The third kappa shape index (κ3) is 4.71. The van der Waals surface area contributed by atoms with E-state index in [9.17, 15) is 0 Å².